The number of nitrogens with zero attached hydrogens (tertiary/aromatic N) is 3. The Kier molecular flexibility index (Phi) is 6.15. The SMILES string of the molecule is CCCn1c(SCC(=O)N(C)CC(=O)NC2CC2)nc2ccccc2c1=O. The standard InChI is InChI=1S/C19H24N4O3S/c1-3-10-23-18(26)14-6-4-5-7-15(14)21-19(23)27-12-17(25)22(2)11-16(24)20-13-8-9-13/h4-7,13H,3,8-12H2,1-2H3,(H,20,24). The minimum Gasteiger partial charge on any atom is -0.352 e. The summed E-state index contributed by atoms with van der Waals surface area (Å²) >= 11 is 1.23. The molecule has 144 valence electrons. The second kappa shape index (κ2) is 8.56. The topological polar surface area (TPSA) is 84.3 Å². The molecule has 0 aliphatic heterocycles. The zero-order valence-electron chi connectivity index (χ0n) is 15.6. The highest BCUT2D eigenvalue weighted by Gasteiger charge is 2.24. The van der Waals surface area contributed by atoms with Crippen molar-refractivity contribution >= 4 is 34.5 Å². The molecule has 1 heterocycles. The third-order valence-electron chi connectivity index (χ3n) is 4.35. The van der Waals surface area contributed by atoms with Gasteiger partial charge in [0.1, 0.15) is 0 Å². The van der Waals surface area contributed by atoms with Gasteiger partial charge in [0.05, 0.1) is 23.2 Å². The Morgan fingerprint density at radius 2 is 2.07 bits per heavy atom. The van der Waals surface area contributed by atoms with Gasteiger partial charge in [-0.3, -0.25) is 19.0 Å². The number of carbonyl (C=O) groups excluding carboxylic acids is 2. The summed E-state index contributed by atoms with van der Waals surface area (Å²) in [5.74, 6) is -0.178. The van der Waals surface area contributed by atoms with Crippen molar-refractivity contribution in [2.75, 3.05) is 19.3 Å². The Labute approximate surface area is 162 Å². The quantitative estimate of drug-likeness (QED) is 0.549. The fraction of sp³-hybridized carbons (Fsp3) is 0.474. The normalized spacial score (nSPS) is 13.6. The molecule has 0 unspecified atom stereocenters. The molecule has 2 amide bonds. The monoisotopic (exact) mass is 388 g/mol. The molecular weight excluding hydrogens is 364 g/mol. The summed E-state index contributed by atoms with van der Waals surface area (Å²) in [7, 11) is 1.61. The number of fused-ring (bicyclic) bond motifs is 1. The van der Waals surface area contributed by atoms with Gasteiger partial charge < -0.3 is 10.2 Å². The molecule has 1 aromatic heterocycles. The van der Waals surface area contributed by atoms with Crippen LogP contribution in [0, 0.1) is 0 Å². The van der Waals surface area contributed by atoms with Crippen LogP contribution in [0.4, 0.5) is 0 Å². The first-order valence-electron chi connectivity index (χ1n) is 9.15. The molecule has 1 fully saturated rings. The van der Waals surface area contributed by atoms with Gasteiger partial charge in [-0.1, -0.05) is 30.8 Å². The van der Waals surface area contributed by atoms with Gasteiger partial charge in [-0.25, -0.2) is 4.98 Å². The van der Waals surface area contributed by atoms with Crippen LogP contribution in [0.5, 0.6) is 0 Å². The predicted octanol–water partition coefficient (Wildman–Crippen LogP) is 1.64. The molecule has 27 heavy (non-hydrogen) atoms. The van der Waals surface area contributed by atoms with E-state index in [4.69, 9.17) is 0 Å². The van der Waals surface area contributed by atoms with E-state index < -0.39 is 0 Å². The lowest BCUT2D eigenvalue weighted by Crippen LogP contribution is -2.39. The lowest BCUT2D eigenvalue weighted by Gasteiger charge is -2.17. The summed E-state index contributed by atoms with van der Waals surface area (Å²) in [5.41, 5.74) is 0.538. The molecule has 0 atom stereocenters. The molecular formula is C19H24N4O3S. The highest BCUT2D eigenvalue weighted by molar-refractivity contribution is 7.99. The van der Waals surface area contributed by atoms with Gasteiger partial charge in [0.2, 0.25) is 11.8 Å². The Balaban J connectivity index is 1.69. The summed E-state index contributed by atoms with van der Waals surface area (Å²) < 4.78 is 1.63. The number of rotatable bonds is 8. The summed E-state index contributed by atoms with van der Waals surface area (Å²) in [5, 5.41) is 3.98. The molecule has 0 bridgehead atoms. The number of aromatic nitrogens is 2. The molecule has 1 aromatic carbocycles. The number of benzene rings is 1. The van der Waals surface area contributed by atoms with Gasteiger partial charge in [0, 0.05) is 19.6 Å². The first-order valence-corrected chi connectivity index (χ1v) is 10.1. The molecule has 8 heteroatoms. The van der Waals surface area contributed by atoms with Crippen LogP contribution >= 0.6 is 11.8 Å². The van der Waals surface area contributed by atoms with Crippen LogP contribution in [-0.2, 0) is 16.1 Å². The van der Waals surface area contributed by atoms with Crippen molar-refractivity contribution in [2.45, 2.75) is 43.9 Å². The Morgan fingerprint density at radius 3 is 2.78 bits per heavy atom. The van der Waals surface area contributed by atoms with E-state index in [1.165, 1.54) is 16.7 Å². The first-order chi connectivity index (χ1) is 13.0. The zero-order chi connectivity index (χ0) is 19.4. The van der Waals surface area contributed by atoms with Crippen molar-refractivity contribution in [3.8, 4) is 0 Å². The minimum absolute atomic E-state index is 0.0445. The van der Waals surface area contributed by atoms with Crippen molar-refractivity contribution in [3.63, 3.8) is 0 Å². The summed E-state index contributed by atoms with van der Waals surface area (Å²) in [4.78, 5) is 42.9. The van der Waals surface area contributed by atoms with Crippen LogP contribution in [0.15, 0.2) is 34.2 Å². The summed E-state index contributed by atoms with van der Waals surface area (Å²) in [6.45, 7) is 2.59. The molecule has 1 N–H and O–H groups in total. The third-order valence-corrected chi connectivity index (χ3v) is 5.31. The van der Waals surface area contributed by atoms with Gasteiger partial charge in [0.15, 0.2) is 5.16 Å². The van der Waals surface area contributed by atoms with Crippen molar-refractivity contribution in [1.29, 1.82) is 0 Å². The largest absolute Gasteiger partial charge is 0.352 e. The Bertz CT molecular complexity index is 907. The van der Waals surface area contributed by atoms with Gasteiger partial charge in [-0.15, -0.1) is 0 Å². The Hall–Kier alpha value is -2.35. The number of para-hydroxylation sites is 1. The maximum absolute atomic E-state index is 12.7. The smallest absolute Gasteiger partial charge is 0.262 e. The molecule has 7 nitrogen and oxygen atoms in total. The van der Waals surface area contributed by atoms with Crippen molar-refractivity contribution in [3.05, 3.63) is 34.6 Å². The first kappa shape index (κ1) is 19.4. The number of likely N-dealkylation sites (N-methyl/N-ethyl adjacent to an activating group) is 1. The van der Waals surface area contributed by atoms with Crippen LogP contribution in [-0.4, -0.2) is 51.7 Å². The number of carbonyl (C=O) groups is 2. The van der Waals surface area contributed by atoms with E-state index in [0.717, 1.165) is 19.3 Å². The zero-order valence-corrected chi connectivity index (χ0v) is 16.4. The van der Waals surface area contributed by atoms with Crippen LogP contribution < -0.4 is 10.9 Å². The molecule has 1 aliphatic carbocycles. The van der Waals surface area contributed by atoms with E-state index in [-0.39, 0.29) is 35.7 Å². The molecule has 0 spiro atoms. The fourth-order valence-electron chi connectivity index (χ4n) is 2.72. The van der Waals surface area contributed by atoms with Gasteiger partial charge in [0.25, 0.3) is 5.56 Å². The molecule has 0 saturated heterocycles. The molecule has 2 aromatic rings. The average Bonchev–Trinajstić information content (AvgIpc) is 3.46. The van der Waals surface area contributed by atoms with E-state index in [9.17, 15) is 14.4 Å². The van der Waals surface area contributed by atoms with E-state index in [2.05, 4.69) is 10.3 Å². The van der Waals surface area contributed by atoms with Gasteiger partial charge >= 0.3 is 0 Å². The average molecular weight is 388 g/mol. The van der Waals surface area contributed by atoms with E-state index in [1.54, 1.807) is 23.7 Å². The van der Waals surface area contributed by atoms with Crippen LogP contribution in [0.2, 0.25) is 0 Å². The lowest BCUT2D eigenvalue weighted by atomic mass is 10.2. The summed E-state index contributed by atoms with van der Waals surface area (Å²) in [6, 6.07) is 7.50. The molecule has 3 rings (SSSR count). The molecule has 1 saturated carbocycles. The number of nitrogens with one attached hydrogen (secondary N) is 1. The van der Waals surface area contributed by atoms with Crippen LogP contribution in [0.3, 0.4) is 0 Å². The highest BCUT2D eigenvalue weighted by Crippen LogP contribution is 2.19. The van der Waals surface area contributed by atoms with Crippen molar-refractivity contribution in [1.82, 2.24) is 19.8 Å². The Morgan fingerprint density at radius 1 is 1.33 bits per heavy atom. The number of hydrogen-bond donors (Lipinski definition) is 1. The summed E-state index contributed by atoms with van der Waals surface area (Å²) in [6.07, 6.45) is 2.83. The number of thioether (sulfide) groups is 1. The molecule has 0 radical (unpaired) electrons. The van der Waals surface area contributed by atoms with E-state index in [0.29, 0.717) is 22.6 Å². The maximum atomic E-state index is 12.7. The second-order valence-corrected chi connectivity index (χ2v) is 7.69. The fourth-order valence-corrected chi connectivity index (χ4v) is 3.69. The van der Waals surface area contributed by atoms with Crippen LogP contribution in [0.25, 0.3) is 10.9 Å². The maximum Gasteiger partial charge on any atom is 0.262 e. The van der Waals surface area contributed by atoms with Crippen molar-refractivity contribution < 1.29 is 9.59 Å². The van der Waals surface area contributed by atoms with Gasteiger partial charge in [-0.05, 0) is 31.4 Å². The van der Waals surface area contributed by atoms with Crippen molar-refractivity contribution in [2.24, 2.45) is 0 Å². The highest BCUT2D eigenvalue weighted by atomic mass is 32.2. The number of amides is 2. The van der Waals surface area contributed by atoms with E-state index >= 15 is 0 Å². The van der Waals surface area contributed by atoms with E-state index in [1.807, 2.05) is 19.1 Å². The molecule has 1 aliphatic rings. The third kappa shape index (κ3) is 4.88. The van der Waals surface area contributed by atoms with Crippen LogP contribution in [0.1, 0.15) is 26.2 Å². The van der Waals surface area contributed by atoms with Gasteiger partial charge in [-0.2, -0.15) is 0 Å². The predicted molar refractivity (Wildman–Crippen MR) is 106 cm³/mol. The lowest BCUT2D eigenvalue weighted by molar-refractivity contribution is -0.132. The second-order valence-electron chi connectivity index (χ2n) is 6.75. The number of hydrogen-bond acceptors (Lipinski definition) is 5. The minimum atomic E-state index is -0.170.